The maximum absolute atomic E-state index is 11.8. The zero-order valence-electron chi connectivity index (χ0n) is 18.4. The van der Waals surface area contributed by atoms with Gasteiger partial charge in [-0.25, -0.2) is 0 Å². The number of aromatic nitrogens is 2. The molecule has 5 fully saturated rings. The Morgan fingerprint density at radius 3 is 2.87 bits per heavy atom. The summed E-state index contributed by atoms with van der Waals surface area (Å²) in [6.45, 7) is 5.61. The Bertz CT molecular complexity index is 948. The van der Waals surface area contributed by atoms with Crippen molar-refractivity contribution in [1.82, 2.24) is 10.2 Å². The average molecular weight is 429 g/mol. The molecule has 3 saturated carbocycles. The number of hydrogen-bond acceptors (Lipinski definition) is 6. The largest absolute Gasteiger partial charge is 0.393 e. The number of aliphatic hydroxyl groups is 1. The number of H-pyrrole nitrogens is 1. The molecule has 0 amide bonds. The standard InChI is InChI=1S/C24H32N2O5/c1-21-8-14-10-25-26-18(14)7-15(21)3-4-16-17-5-6-23(22(17,2)9-19(27)20(16)21)24(31-13-29-23)11-28-12-30-24/h7,10,16-17,19-20,27H,3-6,8-9,11-13H2,1-2H3,(H,25,26)/t16-,17-,19-,20+,21-,22-,23+,24?/m0/s1. The monoisotopic (exact) mass is 428 g/mol. The van der Waals surface area contributed by atoms with Crippen molar-refractivity contribution >= 4 is 6.08 Å². The molecule has 8 atom stereocenters. The van der Waals surface area contributed by atoms with Gasteiger partial charge < -0.3 is 24.1 Å². The van der Waals surface area contributed by atoms with Gasteiger partial charge in [-0.3, -0.25) is 5.10 Å². The van der Waals surface area contributed by atoms with Gasteiger partial charge in [0.1, 0.15) is 12.2 Å². The van der Waals surface area contributed by atoms with Crippen molar-refractivity contribution in [3.8, 4) is 0 Å². The van der Waals surface area contributed by atoms with Crippen molar-refractivity contribution in [1.29, 1.82) is 0 Å². The predicted molar refractivity (Wildman–Crippen MR) is 110 cm³/mol. The van der Waals surface area contributed by atoms with E-state index in [9.17, 15) is 5.11 Å². The van der Waals surface area contributed by atoms with Crippen LogP contribution in [0.4, 0.5) is 0 Å². The van der Waals surface area contributed by atoms with Crippen LogP contribution in [0.15, 0.2) is 11.8 Å². The SMILES string of the molecule is C[C@]12Cc3cn[nH]c3C=C1CC[C@@H]1[C@@H]2[C@@H](O)C[C@@]2(C)[C@H]1CC[C@@]21OCOC12COCO2. The Balaban J connectivity index is 1.29. The zero-order chi connectivity index (χ0) is 21.1. The molecule has 7 nitrogen and oxygen atoms in total. The smallest absolute Gasteiger partial charge is 0.226 e. The number of nitrogens with zero attached hydrogens (tertiary/aromatic N) is 1. The maximum Gasteiger partial charge on any atom is 0.226 e. The molecule has 2 N–H and O–H groups in total. The highest BCUT2D eigenvalue weighted by molar-refractivity contribution is 5.59. The van der Waals surface area contributed by atoms with Crippen LogP contribution in [0.3, 0.4) is 0 Å². The molecule has 1 aromatic rings. The lowest BCUT2D eigenvalue weighted by atomic mass is 9.45. The number of hydrogen-bond donors (Lipinski definition) is 2. The van der Waals surface area contributed by atoms with E-state index < -0.39 is 11.4 Å². The van der Waals surface area contributed by atoms with Crippen LogP contribution in [0.5, 0.6) is 0 Å². The summed E-state index contributed by atoms with van der Waals surface area (Å²) in [5.74, 6) is 0.367. The molecule has 2 spiro atoms. The van der Waals surface area contributed by atoms with Crippen LogP contribution in [-0.2, 0) is 25.4 Å². The van der Waals surface area contributed by atoms with Crippen LogP contribution in [0, 0.1) is 28.6 Å². The van der Waals surface area contributed by atoms with Crippen LogP contribution >= 0.6 is 0 Å². The summed E-state index contributed by atoms with van der Waals surface area (Å²) in [6.07, 6.45) is 9.76. The van der Waals surface area contributed by atoms with Crippen molar-refractivity contribution in [2.75, 3.05) is 20.2 Å². The van der Waals surface area contributed by atoms with Gasteiger partial charge in [-0.2, -0.15) is 5.10 Å². The summed E-state index contributed by atoms with van der Waals surface area (Å²) in [6, 6.07) is 0. The highest BCUT2D eigenvalue weighted by Gasteiger charge is 2.76. The first-order valence-corrected chi connectivity index (χ1v) is 11.8. The topological polar surface area (TPSA) is 85.8 Å². The van der Waals surface area contributed by atoms with Gasteiger partial charge in [0, 0.05) is 5.41 Å². The normalized spacial score (nSPS) is 52.7. The molecule has 31 heavy (non-hydrogen) atoms. The highest BCUT2D eigenvalue weighted by atomic mass is 16.9. The number of allylic oxidation sites excluding steroid dienone is 1. The van der Waals surface area contributed by atoms with E-state index in [0.717, 1.165) is 37.8 Å². The minimum atomic E-state index is -0.830. The Labute approximate surface area is 182 Å². The molecule has 1 aromatic heterocycles. The van der Waals surface area contributed by atoms with Crippen molar-refractivity contribution in [2.24, 2.45) is 28.6 Å². The second-order valence-corrected chi connectivity index (χ2v) is 11.2. The fraction of sp³-hybridized carbons (Fsp3) is 0.792. The molecular weight excluding hydrogens is 396 g/mol. The van der Waals surface area contributed by atoms with Gasteiger partial charge in [0.15, 0.2) is 13.6 Å². The molecule has 168 valence electrons. The van der Waals surface area contributed by atoms with Gasteiger partial charge in [0.05, 0.1) is 18.0 Å². The lowest BCUT2D eigenvalue weighted by molar-refractivity contribution is -0.257. The third-order valence-electron chi connectivity index (χ3n) is 10.3. The van der Waals surface area contributed by atoms with Crippen LogP contribution < -0.4 is 0 Å². The quantitative estimate of drug-likeness (QED) is 0.661. The molecule has 7 rings (SSSR count). The lowest BCUT2D eigenvalue weighted by Gasteiger charge is -2.61. The fourth-order valence-electron chi connectivity index (χ4n) is 9.07. The first-order chi connectivity index (χ1) is 14.9. The van der Waals surface area contributed by atoms with E-state index in [1.54, 1.807) is 0 Å². The van der Waals surface area contributed by atoms with Crippen molar-refractivity contribution in [3.05, 3.63) is 23.0 Å². The minimum Gasteiger partial charge on any atom is -0.393 e. The van der Waals surface area contributed by atoms with Crippen molar-refractivity contribution in [2.45, 2.75) is 69.9 Å². The molecule has 0 radical (unpaired) electrons. The molecular formula is C24H32N2O5. The van der Waals surface area contributed by atoms with E-state index in [1.165, 1.54) is 11.1 Å². The van der Waals surface area contributed by atoms with Crippen LogP contribution in [0.25, 0.3) is 6.08 Å². The number of fused-ring (bicyclic) bond motifs is 8. The Morgan fingerprint density at radius 2 is 2.03 bits per heavy atom. The molecule has 3 heterocycles. The predicted octanol–water partition coefficient (Wildman–Crippen LogP) is 3.01. The second-order valence-electron chi connectivity index (χ2n) is 11.2. The molecule has 2 aliphatic heterocycles. The van der Waals surface area contributed by atoms with Gasteiger partial charge in [0.25, 0.3) is 0 Å². The van der Waals surface area contributed by atoms with Gasteiger partial charge in [-0.15, -0.1) is 0 Å². The zero-order valence-corrected chi connectivity index (χ0v) is 18.4. The van der Waals surface area contributed by atoms with Gasteiger partial charge in [-0.1, -0.05) is 19.4 Å². The molecule has 0 bridgehead atoms. The van der Waals surface area contributed by atoms with Crippen molar-refractivity contribution in [3.63, 3.8) is 0 Å². The first kappa shape index (κ1) is 19.2. The summed E-state index contributed by atoms with van der Waals surface area (Å²) < 4.78 is 24.3. The van der Waals surface area contributed by atoms with Crippen LogP contribution in [-0.4, -0.2) is 53.0 Å². The molecule has 1 unspecified atom stereocenters. The van der Waals surface area contributed by atoms with Crippen LogP contribution in [0.2, 0.25) is 0 Å². The van der Waals surface area contributed by atoms with E-state index in [2.05, 4.69) is 30.1 Å². The van der Waals surface area contributed by atoms with E-state index in [1.807, 2.05) is 6.20 Å². The molecule has 2 saturated heterocycles. The number of rotatable bonds is 0. The average Bonchev–Trinajstić information content (AvgIpc) is 3.50. The second kappa shape index (κ2) is 6.00. The summed E-state index contributed by atoms with van der Waals surface area (Å²) in [5.41, 5.74) is 3.13. The number of ether oxygens (including phenoxy) is 4. The number of aromatic amines is 1. The van der Waals surface area contributed by atoms with Gasteiger partial charge >= 0.3 is 0 Å². The maximum atomic E-state index is 11.8. The molecule has 0 aromatic carbocycles. The van der Waals surface area contributed by atoms with Crippen LogP contribution in [0.1, 0.15) is 57.2 Å². The lowest BCUT2D eigenvalue weighted by Crippen LogP contribution is -2.66. The van der Waals surface area contributed by atoms with Gasteiger partial charge in [0.2, 0.25) is 5.79 Å². The third-order valence-corrected chi connectivity index (χ3v) is 10.3. The number of nitrogens with one attached hydrogen (secondary N) is 1. The Morgan fingerprint density at radius 1 is 1.16 bits per heavy atom. The minimum absolute atomic E-state index is 0.0199. The fourth-order valence-corrected chi connectivity index (χ4v) is 9.07. The summed E-state index contributed by atoms with van der Waals surface area (Å²) in [7, 11) is 0. The van der Waals surface area contributed by atoms with E-state index in [-0.39, 0.29) is 36.4 Å². The van der Waals surface area contributed by atoms with E-state index >= 15 is 0 Å². The first-order valence-electron chi connectivity index (χ1n) is 11.8. The summed E-state index contributed by atoms with van der Waals surface area (Å²) in [5, 5.41) is 19.2. The van der Waals surface area contributed by atoms with E-state index in [4.69, 9.17) is 18.9 Å². The summed E-state index contributed by atoms with van der Waals surface area (Å²) >= 11 is 0. The number of aliphatic hydroxyl groups excluding tert-OH is 1. The van der Waals surface area contributed by atoms with Crippen molar-refractivity contribution < 1.29 is 24.1 Å². The molecule has 7 heteroatoms. The van der Waals surface area contributed by atoms with Gasteiger partial charge in [-0.05, 0) is 73.3 Å². The molecule has 6 aliphatic rings. The third kappa shape index (κ3) is 2.11. The highest BCUT2D eigenvalue weighted by Crippen LogP contribution is 2.71. The van der Waals surface area contributed by atoms with E-state index in [0.29, 0.717) is 24.9 Å². The Kier molecular flexibility index (Phi) is 3.72. The molecule has 4 aliphatic carbocycles. The Hall–Kier alpha value is -1.25. The summed E-state index contributed by atoms with van der Waals surface area (Å²) in [4.78, 5) is 0.